The highest BCUT2D eigenvalue weighted by Crippen LogP contribution is 2.25. The molecule has 122 valence electrons. The molecule has 0 aromatic heterocycles. The van der Waals surface area contributed by atoms with E-state index >= 15 is 0 Å². The van der Waals surface area contributed by atoms with Crippen LogP contribution < -0.4 is 10.7 Å². The lowest BCUT2D eigenvalue weighted by Gasteiger charge is -2.49. The molecule has 1 unspecified atom stereocenters. The summed E-state index contributed by atoms with van der Waals surface area (Å²) >= 11 is 4.13. The molecule has 0 spiro atoms. The van der Waals surface area contributed by atoms with Gasteiger partial charge in [0, 0.05) is 32.6 Å². The van der Waals surface area contributed by atoms with Crippen molar-refractivity contribution in [3.63, 3.8) is 0 Å². The Balaban J connectivity index is 2.52. The maximum Gasteiger partial charge on any atom is 0.281 e. The van der Waals surface area contributed by atoms with Gasteiger partial charge in [0.2, 0.25) is 0 Å². The van der Waals surface area contributed by atoms with E-state index in [1.807, 2.05) is 13.8 Å². The first-order chi connectivity index (χ1) is 9.53. The largest absolute Gasteiger partial charge is 0.336 e. The maximum absolute atomic E-state index is 12.5. The topological polar surface area (TPSA) is 61.4 Å². The van der Waals surface area contributed by atoms with Crippen molar-refractivity contribution in [1.82, 2.24) is 15.8 Å². The van der Waals surface area contributed by atoms with Crippen molar-refractivity contribution in [3.8, 4) is 0 Å². The number of amides is 2. The number of alkyl halides is 1. The van der Waals surface area contributed by atoms with Gasteiger partial charge in [-0.05, 0) is 26.7 Å². The summed E-state index contributed by atoms with van der Waals surface area (Å²) in [5, 5.41) is 4.42. The molecule has 1 fully saturated rings. The summed E-state index contributed by atoms with van der Waals surface area (Å²) in [5.74, 6) is -0.0370. The van der Waals surface area contributed by atoms with Gasteiger partial charge in [-0.2, -0.15) is 0 Å². The van der Waals surface area contributed by atoms with Crippen LogP contribution in [-0.2, 0) is 4.79 Å². The van der Waals surface area contributed by atoms with Crippen molar-refractivity contribution in [3.05, 3.63) is 0 Å². The summed E-state index contributed by atoms with van der Waals surface area (Å²) in [4.78, 5) is 23.8. The second kappa shape index (κ2) is 7.76. The van der Waals surface area contributed by atoms with Gasteiger partial charge in [-0.1, -0.05) is 49.3 Å². The van der Waals surface area contributed by atoms with Crippen LogP contribution in [0, 0.1) is 0 Å². The highest BCUT2D eigenvalue weighted by molar-refractivity contribution is 14.1. The number of unbranched alkanes of at least 4 members (excludes halogenated alkanes) is 1. The van der Waals surface area contributed by atoms with Crippen LogP contribution in [0.15, 0.2) is 0 Å². The smallest absolute Gasteiger partial charge is 0.281 e. The van der Waals surface area contributed by atoms with Crippen LogP contribution in [0.5, 0.6) is 0 Å². The van der Waals surface area contributed by atoms with E-state index in [4.69, 9.17) is 0 Å². The standard InChI is InChI=1S/C14H25I2N3O2/c1-13(2,16)8-6-5-7-10(18-12(15)21)11(20)19-14(3,4)9-17-19/h10,17H,5-9H2,1-4H3,(H,18,21). The molecule has 5 nitrogen and oxygen atoms in total. The van der Waals surface area contributed by atoms with E-state index in [0.29, 0.717) is 6.42 Å². The minimum atomic E-state index is -0.432. The van der Waals surface area contributed by atoms with Crippen molar-refractivity contribution in [2.75, 3.05) is 6.54 Å². The molecule has 7 heteroatoms. The average molecular weight is 521 g/mol. The summed E-state index contributed by atoms with van der Waals surface area (Å²) in [6.07, 6.45) is 3.80. The van der Waals surface area contributed by atoms with Crippen LogP contribution in [0.25, 0.3) is 0 Å². The van der Waals surface area contributed by atoms with Gasteiger partial charge in [0.25, 0.3) is 9.82 Å². The summed E-state index contributed by atoms with van der Waals surface area (Å²) in [6, 6.07) is -0.432. The monoisotopic (exact) mass is 521 g/mol. The van der Waals surface area contributed by atoms with E-state index in [9.17, 15) is 9.59 Å². The molecular formula is C14H25I2N3O2. The number of halogens is 2. The zero-order valence-corrected chi connectivity index (χ0v) is 17.4. The normalized spacial score (nSPS) is 18.9. The number of carbonyl (C=O) groups excluding carboxylic acids is 2. The van der Waals surface area contributed by atoms with Crippen LogP contribution in [-0.4, -0.2) is 36.4 Å². The van der Waals surface area contributed by atoms with E-state index < -0.39 is 6.04 Å². The molecular weight excluding hydrogens is 496 g/mol. The average Bonchev–Trinajstić information content (AvgIpc) is 2.30. The Bertz CT molecular complexity index is 394. The first-order valence-corrected chi connectivity index (χ1v) is 9.41. The predicted molar refractivity (Wildman–Crippen MR) is 102 cm³/mol. The van der Waals surface area contributed by atoms with E-state index in [2.05, 4.69) is 47.2 Å². The van der Waals surface area contributed by atoms with E-state index in [1.165, 1.54) is 0 Å². The summed E-state index contributed by atoms with van der Waals surface area (Å²) < 4.78 is 0.101. The third kappa shape index (κ3) is 6.55. The molecule has 2 N–H and O–H groups in total. The fourth-order valence-electron chi connectivity index (χ4n) is 2.29. The Kier molecular flexibility index (Phi) is 7.17. The first-order valence-electron chi connectivity index (χ1n) is 7.25. The number of nitrogens with zero attached hydrogens (tertiary/aromatic N) is 1. The van der Waals surface area contributed by atoms with Gasteiger partial charge in [0.05, 0.1) is 5.54 Å². The zero-order chi connectivity index (χ0) is 16.3. The SMILES string of the molecule is CC(C)(I)CCCCC(NC(=O)I)C(=O)N1NCC1(C)C. The van der Waals surface area contributed by atoms with Crippen molar-refractivity contribution in [1.29, 1.82) is 0 Å². The molecule has 0 saturated carbocycles. The second-order valence-corrected chi connectivity index (χ2v) is 10.7. The highest BCUT2D eigenvalue weighted by atomic mass is 127. The Morgan fingerprint density at radius 3 is 2.38 bits per heavy atom. The molecule has 1 atom stereocenters. The van der Waals surface area contributed by atoms with Gasteiger partial charge < -0.3 is 5.32 Å². The quantitative estimate of drug-likeness (QED) is 0.178. The minimum absolute atomic E-state index is 0.0370. The van der Waals surface area contributed by atoms with E-state index in [-0.39, 0.29) is 18.8 Å². The van der Waals surface area contributed by atoms with Crippen molar-refractivity contribution in [2.45, 2.75) is 68.4 Å². The van der Waals surface area contributed by atoms with Crippen LogP contribution in [0.1, 0.15) is 53.4 Å². The molecule has 21 heavy (non-hydrogen) atoms. The van der Waals surface area contributed by atoms with Crippen molar-refractivity contribution < 1.29 is 9.59 Å². The van der Waals surface area contributed by atoms with Crippen LogP contribution >= 0.6 is 45.2 Å². The first kappa shape index (κ1) is 19.4. The lowest BCUT2D eigenvalue weighted by Crippen LogP contribution is -2.73. The molecule has 0 aromatic carbocycles. The van der Waals surface area contributed by atoms with Crippen LogP contribution in [0.4, 0.5) is 4.79 Å². The van der Waals surface area contributed by atoms with E-state index in [0.717, 1.165) is 25.8 Å². The second-order valence-electron chi connectivity index (χ2n) is 6.76. The molecule has 0 bridgehead atoms. The van der Waals surface area contributed by atoms with Gasteiger partial charge in [0.15, 0.2) is 0 Å². The number of nitrogens with one attached hydrogen (secondary N) is 2. The summed E-state index contributed by atoms with van der Waals surface area (Å²) in [6.45, 7) is 9.23. The van der Waals surface area contributed by atoms with Crippen LogP contribution in [0.2, 0.25) is 0 Å². The Labute approximate surface area is 154 Å². The third-order valence-corrected chi connectivity index (χ3v) is 4.45. The highest BCUT2D eigenvalue weighted by Gasteiger charge is 2.42. The molecule has 2 amide bonds. The van der Waals surface area contributed by atoms with Gasteiger partial charge in [-0.25, -0.2) is 5.43 Å². The van der Waals surface area contributed by atoms with Crippen molar-refractivity contribution >= 4 is 55.0 Å². The Morgan fingerprint density at radius 1 is 1.38 bits per heavy atom. The molecule has 1 aliphatic heterocycles. The predicted octanol–water partition coefficient (Wildman–Crippen LogP) is 3.40. The molecule has 0 aliphatic carbocycles. The molecule has 1 saturated heterocycles. The number of hydrazine groups is 1. The zero-order valence-electron chi connectivity index (χ0n) is 13.1. The summed E-state index contributed by atoms with van der Waals surface area (Å²) in [5.41, 5.74) is 2.86. The lowest BCUT2D eigenvalue weighted by atomic mass is 9.97. The van der Waals surface area contributed by atoms with Crippen LogP contribution in [0.3, 0.4) is 0 Å². The van der Waals surface area contributed by atoms with Gasteiger partial charge in [-0.3, -0.25) is 14.6 Å². The maximum atomic E-state index is 12.5. The molecule has 0 aromatic rings. The fourth-order valence-corrected chi connectivity index (χ4v) is 3.05. The Morgan fingerprint density at radius 2 is 2.00 bits per heavy atom. The number of rotatable bonds is 7. The van der Waals surface area contributed by atoms with Gasteiger partial charge >= 0.3 is 0 Å². The minimum Gasteiger partial charge on any atom is -0.336 e. The number of hydrogen-bond acceptors (Lipinski definition) is 3. The van der Waals surface area contributed by atoms with Gasteiger partial charge in [0.1, 0.15) is 6.04 Å². The molecule has 1 rings (SSSR count). The summed E-state index contributed by atoms with van der Waals surface area (Å²) in [7, 11) is 0. The van der Waals surface area contributed by atoms with Crippen molar-refractivity contribution in [2.24, 2.45) is 0 Å². The molecule has 1 heterocycles. The lowest BCUT2D eigenvalue weighted by molar-refractivity contribution is -0.155. The van der Waals surface area contributed by atoms with Gasteiger partial charge in [-0.15, -0.1) is 0 Å². The fraction of sp³-hybridized carbons (Fsp3) is 0.857. The Hall–Kier alpha value is 0.360. The number of carbonyl (C=O) groups is 2. The molecule has 0 radical (unpaired) electrons. The third-order valence-electron chi connectivity index (χ3n) is 3.60. The number of hydrogen-bond donors (Lipinski definition) is 2. The van der Waals surface area contributed by atoms with E-state index in [1.54, 1.807) is 27.6 Å². The molecule has 1 aliphatic rings.